The van der Waals surface area contributed by atoms with E-state index in [1.165, 1.54) is 6.07 Å². The number of alkyl halides is 3. The van der Waals surface area contributed by atoms with Gasteiger partial charge in [0.15, 0.2) is 23.2 Å². The fraction of sp³-hybridized carbons (Fsp3) is 0.0152. The van der Waals surface area contributed by atoms with Crippen LogP contribution in [0.3, 0.4) is 0 Å². The SMILES string of the molecule is [C-]#[N+]c1ccc(-c2ccc3c(c2)c2ccccc2n3-c2ccc(-c3nc(-c4ccccc4)nc(-c4ccccc4)n3)cc2-c2ccc(C(F)(F)F)cc2-n2c3ccccc3c3cc(-c4ccc(C#N)cc4)ccc32)cc1. The van der Waals surface area contributed by atoms with Crippen LogP contribution < -0.4 is 0 Å². The minimum Gasteiger partial charge on any atom is -0.309 e. The highest BCUT2D eigenvalue weighted by Crippen LogP contribution is 2.45. The Balaban J connectivity index is 1.11. The number of para-hydroxylation sites is 2. The van der Waals surface area contributed by atoms with Crippen molar-refractivity contribution in [3.63, 3.8) is 0 Å². The summed E-state index contributed by atoms with van der Waals surface area (Å²) in [6.07, 6.45) is -4.67. The fourth-order valence-electron chi connectivity index (χ4n) is 10.4. The zero-order chi connectivity index (χ0) is 51.5. The summed E-state index contributed by atoms with van der Waals surface area (Å²) in [5, 5.41) is 13.2. The lowest BCUT2D eigenvalue weighted by Crippen LogP contribution is -2.08. The van der Waals surface area contributed by atoms with E-state index >= 15 is 13.2 Å². The van der Waals surface area contributed by atoms with Gasteiger partial charge in [0, 0.05) is 49.4 Å². The van der Waals surface area contributed by atoms with Gasteiger partial charge in [-0.25, -0.2) is 19.8 Å². The number of nitrogens with zero attached hydrogens (tertiary/aromatic N) is 7. The largest absolute Gasteiger partial charge is 0.416 e. The number of fused-ring (bicyclic) bond motifs is 6. The van der Waals surface area contributed by atoms with Crippen LogP contribution in [-0.4, -0.2) is 24.1 Å². The Bertz CT molecular complexity index is 4450. The molecule has 13 rings (SSSR count). The van der Waals surface area contributed by atoms with Gasteiger partial charge in [-0.1, -0.05) is 152 Å². The quantitative estimate of drug-likeness (QED) is 0.142. The van der Waals surface area contributed by atoms with Crippen LogP contribution in [0.5, 0.6) is 0 Å². The predicted molar refractivity (Wildman–Crippen MR) is 297 cm³/mol. The van der Waals surface area contributed by atoms with Crippen molar-refractivity contribution in [2.45, 2.75) is 6.18 Å². The predicted octanol–water partition coefficient (Wildman–Crippen LogP) is 17.5. The van der Waals surface area contributed by atoms with E-state index in [1.54, 1.807) is 18.2 Å². The molecule has 0 aliphatic heterocycles. The van der Waals surface area contributed by atoms with Crippen LogP contribution in [-0.2, 0) is 6.18 Å². The van der Waals surface area contributed by atoms with Crippen LogP contribution in [0.15, 0.2) is 231 Å². The van der Waals surface area contributed by atoms with Gasteiger partial charge in [-0.3, -0.25) is 0 Å². The van der Waals surface area contributed by atoms with Gasteiger partial charge < -0.3 is 9.13 Å². The molecule has 0 fully saturated rings. The Hall–Kier alpha value is -10.4. The van der Waals surface area contributed by atoms with E-state index in [9.17, 15) is 5.26 Å². The van der Waals surface area contributed by atoms with Gasteiger partial charge in [0.2, 0.25) is 0 Å². The summed E-state index contributed by atoms with van der Waals surface area (Å²) in [7, 11) is 0. The van der Waals surface area contributed by atoms with Crippen LogP contribution in [0.4, 0.5) is 18.9 Å². The van der Waals surface area contributed by atoms with E-state index in [0.29, 0.717) is 56.6 Å². The zero-order valence-corrected chi connectivity index (χ0v) is 40.2. The number of aromatic nitrogens is 5. The normalized spacial score (nSPS) is 11.6. The van der Waals surface area contributed by atoms with Gasteiger partial charge in [0.1, 0.15) is 0 Å². The van der Waals surface area contributed by atoms with Crippen LogP contribution in [0, 0.1) is 17.9 Å². The average Bonchev–Trinajstić information content (AvgIpc) is 4.05. The molecule has 76 heavy (non-hydrogen) atoms. The smallest absolute Gasteiger partial charge is 0.309 e. The second-order valence-electron chi connectivity index (χ2n) is 18.5. The van der Waals surface area contributed by atoms with Crippen LogP contribution >= 0.6 is 0 Å². The third kappa shape index (κ3) is 7.90. The third-order valence-electron chi connectivity index (χ3n) is 14.1. The molecule has 0 amide bonds. The summed E-state index contributed by atoms with van der Waals surface area (Å²) in [6.45, 7) is 7.50. The summed E-state index contributed by atoms with van der Waals surface area (Å²) in [5.41, 5.74) is 11.7. The first-order valence-corrected chi connectivity index (χ1v) is 24.5. The summed E-state index contributed by atoms with van der Waals surface area (Å²) in [5.74, 6) is 1.33. The third-order valence-corrected chi connectivity index (χ3v) is 14.1. The number of nitriles is 1. The lowest BCUT2D eigenvalue weighted by Gasteiger charge is -2.21. The van der Waals surface area contributed by atoms with Crippen LogP contribution in [0.1, 0.15) is 11.1 Å². The minimum absolute atomic E-state index is 0.321. The first kappa shape index (κ1) is 45.4. The van der Waals surface area contributed by atoms with Crippen molar-refractivity contribution in [3.8, 4) is 85.0 Å². The zero-order valence-electron chi connectivity index (χ0n) is 40.2. The summed E-state index contributed by atoms with van der Waals surface area (Å²) in [4.78, 5) is 18.7. The average molecular weight is 986 g/mol. The molecule has 13 aromatic rings. The van der Waals surface area contributed by atoms with Gasteiger partial charge in [-0.2, -0.15) is 18.4 Å². The van der Waals surface area contributed by atoms with E-state index < -0.39 is 11.7 Å². The lowest BCUT2D eigenvalue weighted by molar-refractivity contribution is -0.137. The Morgan fingerprint density at radius 2 is 0.855 bits per heavy atom. The van der Waals surface area contributed by atoms with E-state index in [4.69, 9.17) is 21.5 Å². The van der Waals surface area contributed by atoms with Crippen molar-refractivity contribution < 1.29 is 13.2 Å². The maximum atomic E-state index is 15.3. The van der Waals surface area contributed by atoms with Crippen molar-refractivity contribution >= 4 is 49.3 Å². The molecule has 0 spiro atoms. The van der Waals surface area contributed by atoms with E-state index in [0.717, 1.165) is 83.2 Å². The molecule has 10 heteroatoms. The highest BCUT2D eigenvalue weighted by atomic mass is 19.4. The Labute approximate surface area is 434 Å². The van der Waals surface area contributed by atoms with Crippen molar-refractivity contribution in [3.05, 3.63) is 253 Å². The number of hydrogen-bond acceptors (Lipinski definition) is 4. The van der Waals surface area contributed by atoms with Crippen molar-refractivity contribution in [2.75, 3.05) is 0 Å². The van der Waals surface area contributed by atoms with E-state index in [2.05, 4.69) is 51.9 Å². The maximum absolute atomic E-state index is 15.3. The van der Waals surface area contributed by atoms with Gasteiger partial charge in [0.05, 0.1) is 57.2 Å². The molecule has 7 nitrogen and oxygen atoms in total. The first-order valence-electron chi connectivity index (χ1n) is 24.5. The van der Waals surface area contributed by atoms with Crippen molar-refractivity contribution in [1.29, 1.82) is 5.26 Å². The van der Waals surface area contributed by atoms with Gasteiger partial charge in [-0.15, -0.1) is 0 Å². The fourth-order valence-corrected chi connectivity index (χ4v) is 10.4. The molecule has 0 saturated carbocycles. The molecule has 0 atom stereocenters. The highest BCUT2D eigenvalue weighted by molar-refractivity contribution is 6.13. The van der Waals surface area contributed by atoms with E-state index in [1.807, 2.05) is 168 Å². The molecule has 358 valence electrons. The second kappa shape index (κ2) is 18.3. The van der Waals surface area contributed by atoms with Gasteiger partial charge >= 0.3 is 6.18 Å². The highest BCUT2D eigenvalue weighted by Gasteiger charge is 2.33. The lowest BCUT2D eigenvalue weighted by atomic mass is 9.96. The van der Waals surface area contributed by atoms with Gasteiger partial charge in [-0.05, 0) is 101 Å². The molecular weight excluding hydrogens is 948 g/mol. The Kier molecular flexibility index (Phi) is 10.9. The number of benzene rings is 10. The molecule has 10 aromatic carbocycles. The molecule has 0 aliphatic carbocycles. The first-order chi connectivity index (χ1) is 37.2. The Morgan fingerprint density at radius 1 is 0.395 bits per heavy atom. The topological polar surface area (TPSA) is 76.7 Å². The summed E-state index contributed by atoms with van der Waals surface area (Å²) in [6, 6.07) is 74.7. The van der Waals surface area contributed by atoms with Gasteiger partial charge in [0.25, 0.3) is 0 Å². The molecule has 0 unspecified atom stereocenters. The summed E-state index contributed by atoms with van der Waals surface area (Å²) < 4.78 is 50.0. The minimum atomic E-state index is -4.67. The monoisotopic (exact) mass is 985 g/mol. The molecule has 3 aromatic heterocycles. The molecule has 0 radical (unpaired) electrons. The molecule has 0 saturated heterocycles. The van der Waals surface area contributed by atoms with Crippen LogP contribution in [0.2, 0.25) is 0 Å². The molecule has 0 aliphatic rings. The molecule has 3 heterocycles. The standard InChI is InChI=1S/C66H38F3N7/c1-71-50-30-24-43(25-31-50)47-26-33-59-54(37-47)51-16-8-10-18-57(51)75(59)60-35-28-48(65-73-63(44-12-4-2-5-13-44)72-64(74-65)45-14-6-3-7-15-45)38-56(60)53-32-29-49(66(67,68)69)39-62(53)76-58-19-11-9-17-52(58)55-36-46(27-34-61(55)76)42-22-20-41(40-70)21-23-42/h2-39H. The number of hydrogen-bond donors (Lipinski definition) is 0. The molecule has 0 bridgehead atoms. The van der Waals surface area contributed by atoms with Crippen LogP contribution in [0.25, 0.3) is 127 Å². The second-order valence-corrected chi connectivity index (χ2v) is 18.5. The Morgan fingerprint density at radius 3 is 1.38 bits per heavy atom. The number of halogens is 3. The van der Waals surface area contributed by atoms with E-state index in [-0.39, 0.29) is 0 Å². The maximum Gasteiger partial charge on any atom is 0.416 e. The molecular formula is C66H38F3N7. The van der Waals surface area contributed by atoms with Crippen molar-refractivity contribution in [1.82, 2.24) is 24.1 Å². The van der Waals surface area contributed by atoms with Crippen molar-refractivity contribution in [2.24, 2.45) is 0 Å². The summed E-state index contributed by atoms with van der Waals surface area (Å²) >= 11 is 0. The molecule has 0 N–H and O–H groups in total. The number of rotatable bonds is 8.